The molecule has 2 heterocycles. The van der Waals surface area contributed by atoms with E-state index in [1.54, 1.807) is 24.1 Å². The number of carbonyl (C=O) groups excluding carboxylic acids is 1. The highest BCUT2D eigenvalue weighted by molar-refractivity contribution is 7.89. The van der Waals surface area contributed by atoms with Crippen LogP contribution < -0.4 is 9.64 Å². The molecule has 280 valence electrons. The van der Waals surface area contributed by atoms with Gasteiger partial charge in [-0.2, -0.15) is 4.31 Å². The summed E-state index contributed by atoms with van der Waals surface area (Å²) in [6, 6.07) is 16.5. The number of likely N-dealkylation sites (tertiary alicyclic amines) is 1. The van der Waals surface area contributed by atoms with Crippen LogP contribution in [0.5, 0.6) is 5.75 Å². The number of nitrogens with zero attached hydrogens (tertiary/aromatic N) is 3. The monoisotopic (exact) mass is 735 g/mol. The predicted octanol–water partition coefficient (Wildman–Crippen LogP) is 8.33. The topological polar surface area (TPSA) is 117 Å². The molecular formula is C40H50FN3O7S. The number of ether oxygens (including phenoxy) is 2. The van der Waals surface area contributed by atoms with Gasteiger partial charge in [-0.1, -0.05) is 43.5 Å². The third-order valence-corrected chi connectivity index (χ3v) is 12.6. The Hall–Kier alpha value is -4.16. The number of halogens is 1. The molecule has 12 heteroatoms. The van der Waals surface area contributed by atoms with Crippen LogP contribution in [0, 0.1) is 17.7 Å². The first-order valence-electron chi connectivity index (χ1n) is 18.4. The standard InChI is InChI=1S/C40H50FN3O7S/c1-40(2,3)51-39(47)43-20-17-27(18-21-43)19-22-50-36-25-34-37(24-31(36)29-15-16-33(41)32(23-29)38(45)46)52(48,49)42(4)35(28-11-7-5-8-12-28)26-44(34)30-13-9-6-10-14-30/h6,9-10,13-16,23-25,27-28,35H,5,7-8,11-12,17-22,26H2,1-4H3,(H,45,46)/t35-/m0/s1. The number of rotatable bonds is 8. The van der Waals surface area contributed by atoms with Gasteiger partial charge in [0.25, 0.3) is 0 Å². The van der Waals surface area contributed by atoms with E-state index in [4.69, 9.17) is 9.47 Å². The van der Waals surface area contributed by atoms with E-state index in [1.807, 2.05) is 51.1 Å². The summed E-state index contributed by atoms with van der Waals surface area (Å²) < 4.78 is 57.4. The number of anilines is 2. The lowest BCUT2D eigenvalue weighted by atomic mass is 9.83. The summed E-state index contributed by atoms with van der Waals surface area (Å²) >= 11 is 0. The molecule has 52 heavy (non-hydrogen) atoms. The second kappa shape index (κ2) is 15.4. The number of piperidine rings is 1. The van der Waals surface area contributed by atoms with Crippen molar-refractivity contribution in [1.82, 2.24) is 9.21 Å². The number of hydrogen-bond donors (Lipinski definition) is 1. The van der Waals surface area contributed by atoms with Gasteiger partial charge in [-0.25, -0.2) is 22.4 Å². The van der Waals surface area contributed by atoms with Crippen LogP contribution in [0.25, 0.3) is 11.1 Å². The summed E-state index contributed by atoms with van der Waals surface area (Å²) in [5.41, 5.74) is 0.937. The van der Waals surface area contributed by atoms with Gasteiger partial charge >= 0.3 is 12.1 Å². The molecule has 0 bridgehead atoms. The minimum atomic E-state index is -4.04. The maximum Gasteiger partial charge on any atom is 0.410 e. The molecule has 1 aliphatic carbocycles. The lowest BCUT2D eigenvalue weighted by molar-refractivity contribution is 0.0177. The summed E-state index contributed by atoms with van der Waals surface area (Å²) in [6.07, 6.45) is 7.12. The molecule has 0 unspecified atom stereocenters. The summed E-state index contributed by atoms with van der Waals surface area (Å²) in [5, 5.41) is 9.75. The van der Waals surface area contributed by atoms with Crippen LogP contribution in [0.15, 0.2) is 65.6 Å². The van der Waals surface area contributed by atoms with Crippen molar-refractivity contribution in [1.29, 1.82) is 0 Å². The van der Waals surface area contributed by atoms with Crippen molar-refractivity contribution in [2.24, 2.45) is 11.8 Å². The van der Waals surface area contributed by atoms with Gasteiger partial charge < -0.3 is 24.4 Å². The van der Waals surface area contributed by atoms with Crippen LogP contribution in [0.4, 0.5) is 20.6 Å². The van der Waals surface area contributed by atoms with Crippen LogP contribution in [-0.2, 0) is 14.8 Å². The average Bonchev–Trinajstić information content (AvgIpc) is 3.20. The minimum Gasteiger partial charge on any atom is -0.493 e. The van der Waals surface area contributed by atoms with Crippen molar-refractivity contribution in [3.63, 3.8) is 0 Å². The Morgan fingerprint density at radius 3 is 2.29 bits per heavy atom. The number of carbonyl (C=O) groups is 2. The van der Waals surface area contributed by atoms with Gasteiger partial charge in [0.15, 0.2) is 0 Å². The summed E-state index contributed by atoms with van der Waals surface area (Å²) in [6.45, 7) is 7.46. The van der Waals surface area contributed by atoms with Gasteiger partial charge in [-0.3, -0.25) is 0 Å². The van der Waals surface area contributed by atoms with Crippen molar-refractivity contribution in [2.75, 3.05) is 38.2 Å². The van der Waals surface area contributed by atoms with Crippen LogP contribution in [0.3, 0.4) is 0 Å². The molecule has 10 nitrogen and oxygen atoms in total. The molecular weight excluding hydrogens is 686 g/mol. The lowest BCUT2D eigenvalue weighted by Gasteiger charge is -2.36. The molecule has 1 N–H and O–H groups in total. The number of carboxylic acid groups (broad SMARTS) is 1. The maximum absolute atomic E-state index is 14.6. The molecule has 1 saturated heterocycles. The van der Waals surface area contributed by atoms with Crippen LogP contribution in [0.2, 0.25) is 0 Å². The predicted molar refractivity (Wildman–Crippen MR) is 198 cm³/mol. The Labute approximate surface area is 306 Å². The average molecular weight is 736 g/mol. The van der Waals surface area contributed by atoms with Gasteiger partial charge in [-0.05, 0) is 101 Å². The summed E-state index contributed by atoms with van der Waals surface area (Å²) in [5.74, 6) is -1.45. The lowest BCUT2D eigenvalue weighted by Crippen LogP contribution is -2.46. The van der Waals surface area contributed by atoms with Crippen LogP contribution in [0.1, 0.15) is 82.5 Å². The molecule has 6 rings (SSSR count). The first-order chi connectivity index (χ1) is 24.7. The Bertz CT molecular complexity index is 1870. The third kappa shape index (κ3) is 8.23. The molecule has 0 aromatic heterocycles. The van der Waals surface area contributed by atoms with Crippen LogP contribution in [-0.4, -0.2) is 79.7 Å². The smallest absolute Gasteiger partial charge is 0.410 e. The summed E-state index contributed by atoms with van der Waals surface area (Å²) in [7, 11) is -2.38. The SMILES string of the molecule is CN1[C@H](C2CCCCC2)CN(c2ccccc2)c2cc(OCCC3CCN(C(=O)OC(C)(C)C)CC3)c(-c3ccc(F)c(C(=O)O)c3)cc2S1(=O)=O. The quantitative estimate of drug-likeness (QED) is 0.246. The van der Waals surface area contributed by atoms with E-state index in [9.17, 15) is 27.5 Å². The van der Waals surface area contributed by atoms with Crippen molar-refractivity contribution in [3.8, 4) is 16.9 Å². The van der Waals surface area contributed by atoms with Gasteiger partial charge in [-0.15, -0.1) is 0 Å². The Morgan fingerprint density at radius 1 is 0.942 bits per heavy atom. The number of para-hydroxylation sites is 1. The number of amides is 1. The zero-order chi connectivity index (χ0) is 37.2. The van der Waals surface area contributed by atoms with Gasteiger partial charge in [0.05, 0.1) is 17.9 Å². The molecule has 0 spiro atoms. The number of hydrogen-bond acceptors (Lipinski definition) is 7. The number of carboxylic acids is 1. The first kappa shape index (κ1) is 37.6. The van der Waals surface area contributed by atoms with E-state index in [2.05, 4.69) is 4.90 Å². The van der Waals surface area contributed by atoms with Gasteiger partial charge in [0, 0.05) is 50.0 Å². The molecule has 0 radical (unpaired) electrons. The molecule has 1 atom stereocenters. The van der Waals surface area contributed by atoms with Crippen molar-refractivity contribution < 1.29 is 37.0 Å². The molecule has 1 amide bonds. The third-order valence-electron chi connectivity index (χ3n) is 10.7. The van der Waals surface area contributed by atoms with Crippen molar-refractivity contribution in [2.45, 2.75) is 88.7 Å². The van der Waals surface area contributed by atoms with E-state index in [0.717, 1.165) is 56.7 Å². The minimum absolute atomic E-state index is 0.0789. The number of aromatic carboxylic acids is 1. The number of fused-ring (bicyclic) bond motifs is 1. The highest BCUT2D eigenvalue weighted by Gasteiger charge is 2.41. The van der Waals surface area contributed by atoms with E-state index in [0.29, 0.717) is 61.1 Å². The fraction of sp³-hybridized carbons (Fsp3) is 0.500. The molecule has 2 aliphatic heterocycles. The highest BCUT2D eigenvalue weighted by atomic mass is 32.2. The van der Waals surface area contributed by atoms with Gasteiger partial charge in [0.1, 0.15) is 22.1 Å². The number of likely N-dealkylation sites (N-methyl/N-ethyl adjacent to an activating group) is 1. The Morgan fingerprint density at radius 2 is 1.63 bits per heavy atom. The Balaban J connectivity index is 1.37. The fourth-order valence-corrected chi connectivity index (χ4v) is 9.39. The van der Waals surface area contributed by atoms with Crippen molar-refractivity contribution in [3.05, 3.63) is 72.0 Å². The largest absolute Gasteiger partial charge is 0.493 e. The normalized spacial score (nSPS) is 20.2. The first-order valence-corrected chi connectivity index (χ1v) is 19.8. The van der Waals surface area contributed by atoms with E-state index in [-0.39, 0.29) is 22.9 Å². The molecule has 2 fully saturated rings. The summed E-state index contributed by atoms with van der Waals surface area (Å²) in [4.78, 5) is 28.4. The van der Waals surface area contributed by atoms with E-state index >= 15 is 0 Å². The van der Waals surface area contributed by atoms with Gasteiger partial charge in [0.2, 0.25) is 10.0 Å². The second-order valence-electron chi connectivity index (χ2n) is 15.3. The van der Waals surface area contributed by atoms with Crippen molar-refractivity contribution >= 4 is 33.5 Å². The zero-order valence-electron chi connectivity index (χ0n) is 30.5. The second-order valence-corrected chi connectivity index (χ2v) is 17.3. The maximum atomic E-state index is 14.6. The molecule has 3 aromatic carbocycles. The van der Waals surface area contributed by atoms with Crippen LogP contribution >= 0.6 is 0 Å². The Kier molecular flexibility index (Phi) is 11.2. The van der Waals surface area contributed by atoms with E-state index < -0.39 is 33.0 Å². The number of sulfonamides is 1. The zero-order valence-corrected chi connectivity index (χ0v) is 31.3. The molecule has 1 saturated carbocycles. The molecule has 3 aliphatic rings. The molecule has 3 aromatic rings. The number of benzene rings is 3. The van der Waals surface area contributed by atoms with E-state index in [1.165, 1.54) is 16.4 Å². The fourth-order valence-electron chi connectivity index (χ4n) is 7.79. The highest BCUT2D eigenvalue weighted by Crippen LogP contribution is 2.46.